The number of rotatable bonds is 6. The lowest BCUT2D eigenvalue weighted by atomic mass is 10.1. The highest BCUT2D eigenvalue weighted by atomic mass is 16.5. The molecule has 2 aromatic carbocycles. The standard InChI is InChI=1S/C22H21N5O4/c1-3-31-13-12-27-17-11-7-6-10-16(17)19(22(27)30)23-24-20(28)18-14-8-4-5-9-15(14)21(29)26(2)25-18/h4-11,30H,3,12-13H2,1-2H3. The van der Waals surface area contributed by atoms with E-state index in [1.807, 2.05) is 25.1 Å². The Hall–Kier alpha value is -3.85. The first-order valence-electron chi connectivity index (χ1n) is 9.83. The fourth-order valence-corrected chi connectivity index (χ4v) is 3.50. The Balaban J connectivity index is 1.75. The van der Waals surface area contributed by atoms with Crippen molar-refractivity contribution in [1.82, 2.24) is 14.3 Å². The second-order valence-corrected chi connectivity index (χ2v) is 6.87. The number of para-hydroxylation sites is 1. The molecule has 9 heteroatoms. The number of aryl methyl sites for hydroxylation is 1. The number of nitrogens with zero attached hydrogens (tertiary/aromatic N) is 5. The Morgan fingerprint density at radius 3 is 2.52 bits per heavy atom. The van der Waals surface area contributed by atoms with E-state index in [2.05, 4.69) is 15.3 Å². The van der Waals surface area contributed by atoms with Gasteiger partial charge < -0.3 is 14.4 Å². The first-order chi connectivity index (χ1) is 15.0. The van der Waals surface area contributed by atoms with Gasteiger partial charge in [-0.3, -0.25) is 9.59 Å². The average molecular weight is 419 g/mol. The maximum Gasteiger partial charge on any atom is 0.316 e. The van der Waals surface area contributed by atoms with Crippen molar-refractivity contribution in [2.24, 2.45) is 17.3 Å². The lowest BCUT2D eigenvalue weighted by molar-refractivity contribution is 0.0990. The van der Waals surface area contributed by atoms with Gasteiger partial charge in [-0.15, -0.1) is 10.2 Å². The molecule has 4 rings (SSSR count). The molecule has 31 heavy (non-hydrogen) atoms. The van der Waals surface area contributed by atoms with E-state index in [1.165, 1.54) is 7.05 Å². The van der Waals surface area contributed by atoms with Gasteiger partial charge in [-0.2, -0.15) is 5.10 Å². The van der Waals surface area contributed by atoms with Crippen LogP contribution < -0.4 is 5.56 Å². The zero-order valence-electron chi connectivity index (χ0n) is 17.1. The number of hydrogen-bond donors (Lipinski definition) is 1. The smallest absolute Gasteiger partial charge is 0.316 e. The van der Waals surface area contributed by atoms with Crippen LogP contribution in [0.4, 0.5) is 5.69 Å². The van der Waals surface area contributed by atoms with Crippen LogP contribution in [-0.2, 0) is 18.3 Å². The van der Waals surface area contributed by atoms with E-state index in [-0.39, 0.29) is 22.8 Å². The zero-order chi connectivity index (χ0) is 22.0. The summed E-state index contributed by atoms with van der Waals surface area (Å²) in [7, 11) is 1.47. The fraction of sp³-hybridized carbons (Fsp3) is 0.227. The molecule has 0 atom stereocenters. The van der Waals surface area contributed by atoms with Gasteiger partial charge in [-0.25, -0.2) is 4.68 Å². The summed E-state index contributed by atoms with van der Waals surface area (Å²) in [5.74, 6) is -0.812. The molecule has 0 radical (unpaired) electrons. The number of aromatic nitrogens is 3. The second-order valence-electron chi connectivity index (χ2n) is 6.87. The van der Waals surface area contributed by atoms with E-state index in [4.69, 9.17) is 4.74 Å². The molecule has 1 N–H and O–H groups in total. The molecule has 9 nitrogen and oxygen atoms in total. The minimum absolute atomic E-state index is 0.0148. The number of benzene rings is 2. The zero-order valence-corrected chi connectivity index (χ0v) is 17.1. The maximum atomic E-state index is 12.8. The van der Waals surface area contributed by atoms with E-state index in [9.17, 15) is 14.7 Å². The van der Waals surface area contributed by atoms with Crippen LogP contribution >= 0.6 is 0 Å². The molecule has 0 unspecified atom stereocenters. The van der Waals surface area contributed by atoms with Crippen molar-refractivity contribution in [3.63, 3.8) is 0 Å². The highest BCUT2D eigenvalue weighted by Gasteiger charge is 2.19. The van der Waals surface area contributed by atoms with Gasteiger partial charge >= 0.3 is 5.91 Å². The van der Waals surface area contributed by atoms with Crippen LogP contribution in [0.2, 0.25) is 0 Å². The molecule has 4 aromatic rings. The molecule has 0 aliphatic heterocycles. The number of ether oxygens (including phenoxy) is 1. The van der Waals surface area contributed by atoms with E-state index >= 15 is 0 Å². The van der Waals surface area contributed by atoms with Gasteiger partial charge in [0, 0.05) is 31.0 Å². The summed E-state index contributed by atoms with van der Waals surface area (Å²) in [6.45, 7) is 3.32. The number of amides is 1. The van der Waals surface area contributed by atoms with Gasteiger partial charge in [0.05, 0.1) is 17.5 Å². The lowest BCUT2D eigenvalue weighted by Gasteiger charge is -2.06. The monoisotopic (exact) mass is 419 g/mol. The number of aromatic hydroxyl groups is 1. The summed E-state index contributed by atoms with van der Waals surface area (Å²) >= 11 is 0. The van der Waals surface area contributed by atoms with Crippen molar-refractivity contribution in [2.45, 2.75) is 13.5 Å². The summed E-state index contributed by atoms with van der Waals surface area (Å²) in [6.07, 6.45) is 0. The molecule has 2 heterocycles. The van der Waals surface area contributed by atoms with Gasteiger partial charge in [0.15, 0.2) is 11.4 Å². The first-order valence-corrected chi connectivity index (χ1v) is 9.83. The number of hydrogen-bond acceptors (Lipinski definition) is 6. The normalized spacial score (nSPS) is 11.7. The Bertz CT molecular complexity index is 1370. The summed E-state index contributed by atoms with van der Waals surface area (Å²) < 4.78 is 8.16. The second kappa shape index (κ2) is 8.49. The molecule has 1 amide bonds. The van der Waals surface area contributed by atoms with Crippen LogP contribution in [0.1, 0.15) is 17.4 Å². The minimum atomic E-state index is -0.711. The van der Waals surface area contributed by atoms with Crippen LogP contribution in [0.3, 0.4) is 0 Å². The molecule has 2 aromatic heterocycles. The summed E-state index contributed by atoms with van der Waals surface area (Å²) in [4.78, 5) is 25.1. The van der Waals surface area contributed by atoms with Gasteiger partial charge in [0.2, 0.25) is 5.88 Å². The molecule has 0 saturated carbocycles. The quantitative estimate of drug-likeness (QED) is 0.379. The van der Waals surface area contributed by atoms with E-state index in [0.717, 1.165) is 10.2 Å². The van der Waals surface area contributed by atoms with Crippen molar-refractivity contribution in [1.29, 1.82) is 0 Å². The molecule has 0 fully saturated rings. The molecule has 0 spiro atoms. The van der Waals surface area contributed by atoms with Crippen LogP contribution in [-0.4, -0.2) is 38.6 Å². The maximum absolute atomic E-state index is 12.8. The van der Waals surface area contributed by atoms with Gasteiger partial charge in [0.1, 0.15) is 0 Å². The third kappa shape index (κ3) is 3.71. The third-order valence-electron chi connectivity index (χ3n) is 4.98. The highest BCUT2D eigenvalue weighted by Crippen LogP contribution is 2.38. The topological polar surface area (TPSA) is 111 Å². The largest absolute Gasteiger partial charge is 0.493 e. The van der Waals surface area contributed by atoms with Crippen molar-refractivity contribution < 1.29 is 14.6 Å². The number of carbonyl (C=O) groups is 1. The molecule has 0 aliphatic rings. The van der Waals surface area contributed by atoms with E-state index in [0.29, 0.717) is 35.9 Å². The molecule has 0 aliphatic carbocycles. The van der Waals surface area contributed by atoms with Crippen LogP contribution in [0, 0.1) is 0 Å². The number of carbonyl (C=O) groups excluding carboxylic acids is 1. The predicted octanol–water partition coefficient (Wildman–Crippen LogP) is 3.55. The van der Waals surface area contributed by atoms with Crippen LogP contribution in [0.15, 0.2) is 63.6 Å². The third-order valence-corrected chi connectivity index (χ3v) is 4.98. The van der Waals surface area contributed by atoms with Crippen LogP contribution in [0.5, 0.6) is 5.88 Å². The van der Waals surface area contributed by atoms with Gasteiger partial charge in [-0.1, -0.05) is 36.4 Å². The molecule has 0 saturated heterocycles. The number of azo groups is 1. The van der Waals surface area contributed by atoms with Crippen LogP contribution in [0.25, 0.3) is 21.7 Å². The van der Waals surface area contributed by atoms with E-state index in [1.54, 1.807) is 34.9 Å². The summed E-state index contributed by atoms with van der Waals surface area (Å²) in [5, 5.41) is 24.1. The van der Waals surface area contributed by atoms with Crippen molar-refractivity contribution in [3.05, 3.63) is 64.6 Å². The first kappa shape index (κ1) is 20.4. The SMILES string of the molecule is CCOCCn1c(O)c(N=NC(=O)c2nn(C)c(=O)c3ccccc23)c2ccccc21. The Labute approximate surface area is 177 Å². The Morgan fingerprint density at radius 1 is 1.10 bits per heavy atom. The predicted molar refractivity (Wildman–Crippen MR) is 116 cm³/mol. The van der Waals surface area contributed by atoms with Gasteiger partial charge in [0.25, 0.3) is 5.56 Å². The molecule has 0 bridgehead atoms. The number of fused-ring (bicyclic) bond motifs is 2. The molecule has 158 valence electrons. The van der Waals surface area contributed by atoms with Crippen molar-refractivity contribution in [3.8, 4) is 5.88 Å². The summed E-state index contributed by atoms with van der Waals surface area (Å²) in [5.41, 5.74) is 0.654. The van der Waals surface area contributed by atoms with Crippen molar-refractivity contribution >= 4 is 33.3 Å². The molecular weight excluding hydrogens is 398 g/mol. The molecular formula is C22H21N5O4. The summed E-state index contributed by atoms with van der Waals surface area (Å²) in [6, 6.07) is 14.0. The lowest BCUT2D eigenvalue weighted by Crippen LogP contribution is -2.22. The Kier molecular flexibility index (Phi) is 5.59. The fourth-order valence-electron chi connectivity index (χ4n) is 3.50. The van der Waals surface area contributed by atoms with E-state index < -0.39 is 5.91 Å². The minimum Gasteiger partial charge on any atom is -0.493 e. The van der Waals surface area contributed by atoms with Gasteiger partial charge in [-0.05, 0) is 19.1 Å². The Morgan fingerprint density at radius 2 is 1.77 bits per heavy atom. The highest BCUT2D eigenvalue weighted by molar-refractivity contribution is 6.05. The average Bonchev–Trinajstić information content (AvgIpc) is 3.05. The van der Waals surface area contributed by atoms with Crippen molar-refractivity contribution in [2.75, 3.05) is 13.2 Å².